The van der Waals surface area contributed by atoms with E-state index in [0.29, 0.717) is 12.6 Å². The van der Waals surface area contributed by atoms with Crippen molar-refractivity contribution in [1.82, 2.24) is 14.9 Å². The molecule has 0 saturated heterocycles. The Bertz CT molecular complexity index is 451. The Morgan fingerprint density at radius 1 is 1.26 bits per heavy atom. The highest BCUT2D eigenvalue weighted by Crippen LogP contribution is 2.06. The van der Waals surface area contributed by atoms with E-state index in [0.717, 1.165) is 23.9 Å². The van der Waals surface area contributed by atoms with Gasteiger partial charge in [-0.1, -0.05) is 13.8 Å². The lowest BCUT2D eigenvalue weighted by atomic mass is 10.0. The summed E-state index contributed by atoms with van der Waals surface area (Å²) in [6.45, 7) is 12.0. The third kappa shape index (κ3) is 5.55. The minimum atomic E-state index is -0.144. The number of hydrogen-bond donors (Lipinski definition) is 1. The maximum atomic E-state index is 11.8. The highest BCUT2D eigenvalue weighted by Gasteiger charge is 2.05. The molecule has 0 amide bonds. The molecule has 0 radical (unpaired) electrons. The van der Waals surface area contributed by atoms with Crippen LogP contribution in [0.25, 0.3) is 0 Å². The van der Waals surface area contributed by atoms with E-state index in [-0.39, 0.29) is 5.69 Å². The molecule has 108 valence electrons. The number of aromatic nitrogens is 2. The van der Waals surface area contributed by atoms with Gasteiger partial charge in [-0.05, 0) is 45.6 Å². The highest BCUT2D eigenvalue weighted by molar-refractivity contribution is 5.06. The average molecular weight is 265 g/mol. The van der Waals surface area contributed by atoms with Gasteiger partial charge in [0.05, 0.1) is 0 Å². The molecule has 4 nitrogen and oxygen atoms in total. The summed E-state index contributed by atoms with van der Waals surface area (Å²) < 4.78 is 1.73. The van der Waals surface area contributed by atoms with Crippen molar-refractivity contribution in [2.24, 2.45) is 5.92 Å². The maximum Gasteiger partial charge on any atom is 0.347 e. The number of nitrogens with one attached hydrogen (secondary N) is 1. The lowest BCUT2D eigenvalue weighted by molar-refractivity contribution is 0.437. The summed E-state index contributed by atoms with van der Waals surface area (Å²) in [5, 5.41) is 3.47. The molecule has 1 heterocycles. The molecule has 0 aliphatic rings. The molecule has 1 rings (SSSR count). The Morgan fingerprint density at radius 2 is 1.95 bits per heavy atom. The first kappa shape index (κ1) is 15.9. The van der Waals surface area contributed by atoms with Crippen molar-refractivity contribution < 1.29 is 0 Å². The molecule has 0 fully saturated rings. The van der Waals surface area contributed by atoms with E-state index < -0.39 is 0 Å². The summed E-state index contributed by atoms with van der Waals surface area (Å²) >= 11 is 0. The fourth-order valence-electron chi connectivity index (χ4n) is 2.15. The van der Waals surface area contributed by atoms with Crippen LogP contribution < -0.4 is 11.0 Å². The zero-order chi connectivity index (χ0) is 14.4. The molecule has 0 aliphatic heterocycles. The largest absolute Gasteiger partial charge is 0.347 e. The van der Waals surface area contributed by atoms with Gasteiger partial charge in [-0.3, -0.25) is 4.57 Å². The number of aryl methyl sites for hydroxylation is 2. The van der Waals surface area contributed by atoms with Gasteiger partial charge in [-0.25, -0.2) is 4.79 Å². The topological polar surface area (TPSA) is 46.9 Å². The number of nitrogens with zero attached hydrogens (tertiary/aromatic N) is 2. The van der Waals surface area contributed by atoms with Crippen molar-refractivity contribution in [3.8, 4) is 0 Å². The highest BCUT2D eigenvalue weighted by atomic mass is 16.1. The average Bonchev–Trinajstić information content (AvgIpc) is 2.29. The van der Waals surface area contributed by atoms with E-state index in [1.165, 1.54) is 12.8 Å². The molecule has 1 aromatic rings. The lowest BCUT2D eigenvalue weighted by Crippen LogP contribution is -2.34. The molecule has 0 bridgehead atoms. The number of hydrogen-bond acceptors (Lipinski definition) is 3. The van der Waals surface area contributed by atoms with E-state index >= 15 is 0 Å². The van der Waals surface area contributed by atoms with Gasteiger partial charge in [0.2, 0.25) is 0 Å². The van der Waals surface area contributed by atoms with Crippen LogP contribution in [0.1, 0.15) is 45.0 Å². The number of rotatable bonds is 7. The quantitative estimate of drug-likeness (QED) is 0.822. The third-order valence-corrected chi connectivity index (χ3v) is 3.35. The van der Waals surface area contributed by atoms with Gasteiger partial charge < -0.3 is 5.32 Å². The molecular weight excluding hydrogens is 238 g/mol. The monoisotopic (exact) mass is 265 g/mol. The molecular formula is C15H27N3O. The van der Waals surface area contributed by atoms with Gasteiger partial charge in [-0.15, -0.1) is 0 Å². The van der Waals surface area contributed by atoms with E-state index in [4.69, 9.17) is 0 Å². The van der Waals surface area contributed by atoms with Gasteiger partial charge in [0.15, 0.2) is 0 Å². The van der Waals surface area contributed by atoms with Crippen LogP contribution in [0.4, 0.5) is 0 Å². The van der Waals surface area contributed by atoms with Crippen molar-refractivity contribution in [1.29, 1.82) is 0 Å². The molecule has 4 heteroatoms. The third-order valence-electron chi connectivity index (χ3n) is 3.35. The predicted octanol–water partition coefficient (Wildman–Crippen LogP) is 2.27. The summed E-state index contributed by atoms with van der Waals surface area (Å²) in [6, 6.07) is 2.45. The second-order valence-corrected chi connectivity index (χ2v) is 5.80. The van der Waals surface area contributed by atoms with Gasteiger partial charge in [0.1, 0.15) is 0 Å². The second-order valence-electron chi connectivity index (χ2n) is 5.80. The van der Waals surface area contributed by atoms with E-state index in [2.05, 4.69) is 31.1 Å². The summed E-state index contributed by atoms with van der Waals surface area (Å²) in [5.74, 6) is 0.746. The zero-order valence-corrected chi connectivity index (χ0v) is 12.9. The first-order valence-corrected chi connectivity index (χ1v) is 7.18. The van der Waals surface area contributed by atoms with Crippen LogP contribution in [0.15, 0.2) is 10.9 Å². The zero-order valence-electron chi connectivity index (χ0n) is 12.9. The van der Waals surface area contributed by atoms with Crippen LogP contribution in [0.5, 0.6) is 0 Å². The molecule has 1 aromatic heterocycles. The smallest absolute Gasteiger partial charge is 0.312 e. The maximum absolute atomic E-state index is 11.8. The Labute approximate surface area is 116 Å². The molecule has 0 spiro atoms. The normalized spacial score (nSPS) is 12.9. The summed E-state index contributed by atoms with van der Waals surface area (Å²) in [5.41, 5.74) is 1.63. The van der Waals surface area contributed by atoms with E-state index in [9.17, 15) is 4.79 Å². The predicted molar refractivity (Wildman–Crippen MR) is 79.5 cm³/mol. The summed E-state index contributed by atoms with van der Waals surface area (Å²) in [6.07, 6.45) is 2.41. The SMILES string of the molecule is Cc1cc(C)n(CCNC(C)CCC(C)C)c(=O)n1. The standard InChI is InChI=1S/C15H27N3O/c1-11(2)6-7-12(3)16-8-9-18-14(5)10-13(4)17-15(18)19/h10-12,16H,6-9H2,1-5H3. The summed E-state index contributed by atoms with van der Waals surface area (Å²) in [4.78, 5) is 15.7. The molecule has 1 unspecified atom stereocenters. The van der Waals surface area contributed by atoms with Crippen molar-refractivity contribution in [3.63, 3.8) is 0 Å². The van der Waals surface area contributed by atoms with Crippen LogP contribution in [0.3, 0.4) is 0 Å². The minimum Gasteiger partial charge on any atom is -0.312 e. The Morgan fingerprint density at radius 3 is 2.53 bits per heavy atom. The molecule has 0 saturated carbocycles. The van der Waals surface area contributed by atoms with Crippen LogP contribution >= 0.6 is 0 Å². The van der Waals surface area contributed by atoms with Gasteiger partial charge in [0.25, 0.3) is 0 Å². The van der Waals surface area contributed by atoms with Crippen LogP contribution in [0, 0.1) is 19.8 Å². The van der Waals surface area contributed by atoms with E-state index in [1.54, 1.807) is 4.57 Å². The van der Waals surface area contributed by atoms with Crippen molar-refractivity contribution >= 4 is 0 Å². The van der Waals surface area contributed by atoms with Gasteiger partial charge in [-0.2, -0.15) is 4.98 Å². The van der Waals surface area contributed by atoms with Gasteiger partial charge in [0, 0.05) is 30.5 Å². The molecule has 1 N–H and O–H groups in total. The lowest BCUT2D eigenvalue weighted by Gasteiger charge is -2.16. The van der Waals surface area contributed by atoms with Crippen LogP contribution in [-0.2, 0) is 6.54 Å². The fraction of sp³-hybridized carbons (Fsp3) is 0.733. The Balaban J connectivity index is 2.43. The van der Waals surface area contributed by atoms with Crippen LogP contribution in [-0.4, -0.2) is 22.1 Å². The molecule has 19 heavy (non-hydrogen) atoms. The summed E-state index contributed by atoms with van der Waals surface area (Å²) in [7, 11) is 0. The Hall–Kier alpha value is -1.16. The first-order chi connectivity index (χ1) is 8.90. The van der Waals surface area contributed by atoms with Crippen LogP contribution in [0.2, 0.25) is 0 Å². The molecule has 0 aromatic carbocycles. The molecule has 1 atom stereocenters. The van der Waals surface area contributed by atoms with Gasteiger partial charge >= 0.3 is 5.69 Å². The second kappa shape index (κ2) is 7.43. The van der Waals surface area contributed by atoms with Crippen molar-refractivity contribution in [2.75, 3.05) is 6.54 Å². The minimum absolute atomic E-state index is 0.144. The Kier molecular flexibility index (Phi) is 6.22. The first-order valence-electron chi connectivity index (χ1n) is 7.18. The van der Waals surface area contributed by atoms with Crippen molar-refractivity contribution in [2.45, 2.75) is 60.0 Å². The van der Waals surface area contributed by atoms with Crippen molar-refractivity contribution in [3.05, 3.63) is 27.9 Å². The van der Waals surface area contributed by atoms with E-state index in [1.807, 2.05) is 19.9 Å². The fourth-order valence-corrected chi connectivity index (χ4v) is 2.15. The molecule has 0 aliphatic carbocycles.